The van der Waals surface area contributed by atoms with Gasteiger partial charge in [0.15, 0.2) is 0 Å². The Labute approximate surface area is 111 Å². The van der Waals surface area contributed by atoms with Crippen LogP contribution in [-0.2, 0) is 0 Å². The maximum absolute atomic E-state index is 12.1. The highest BCUT2D eigenvalue weighted by Crippen LogP contribution is 2.11. The number of carbonyl (C=O) groups is 1. The Morgan fingerprint density at radius 2 is 2.26 bits per heavy atom. The Bertz CT molecular complexity index is 562. The van der Waals surface area contributed by atoms with Gasteiger partial charge in [-0.3, -0.25) is 4.79 Å². The lowest BCUT2D eigenvalue weighted by Gasteiger charge is -2.23. The number of nitrogens with zero attached hydrogens (tertiary/aromatic N) is 2. The second kappa shape index (κ2) is 5.24. The predicted molar refractivity (Wildman–Crippen MR) is 72.2 cm³/mol. The van der Waals surface area contributed by atoms with Crippen LogP contribution in [0.25, 0.3) is 5.69 Å². The zero-order valence-corrected chi connectivity index (χ0v) is 11.0. The smallest absolute Gasteiger partial charge is 0.251 e. The molecule has 1 aromatic carbocycles. The molecule has 0 bridgehead atoms. The molecule has 0 saturated heterocycles. The van der Waals surface area contributed by atoms with E-state index in [2.05, 4.69) is 10.3 Å². The summed E-state index contributed by atoms with van der Waals surface area (Å²) in [6.07, 6.45) is 5.17. The highest BCUT2D eigenvalue weighted by Gasteiger charge is 2.20. The first-order valence-corrected chi connectivity index (χ1v) is 6.04. The van der Waals surface area contributed by atoms with Gasteiger partial charge in [-0.05, 0) is 32.0 Å². The van der Waals surface area contributed by atoms with Gasteiger partial charge in [-0.1, -0.05) is 6.07 Å². The van der Waals surface area contributed by atoms with Crippen LogP contribution in [0.2, 0.25) is 0 Å². The molecule has 0 fully saturated rings. The molecule has 5 heteroatoms. The number of rotatable bonds is 4. The van der Waals surface area contributed by atoms with E-state index in [0.717, 1.165) is 5.69 Å². The summed E-state index contributed by atoms with van der Waals surface area (Å²) >= 11 is 0. The van der Waals surface area contributed by atoms with Gasteiger partial charge >= 0.3 is 0 Å². The second-order valence-corrected chi connectivity index (χ2v) is 5.02. The molecule has 1 aromatic heterocycles. The summed E-state index contributed by atoms with van der Waals surface area (Å²) in [5, 5.41) is 11.9. The van der Waals surface area contributed by atoms with E-state index in [0.29, 0.717) is 5.56 Å². The summed E-state index contributed by atoms with van der Waals surface area (Å²) in [4.78, 5) is 16.1. The molecule has 1 heterocycles. The molecule has 0 saturated carbocycles. The molecule has 2 N–H and O–H groups in total. The van der Waals surface area contributed by atoms with Crippen LogP contribution in [0.3, 0.4) is 0 Å². The Balaban J connectivity index is 2.22. The van der Waals surface area contributed by atoms with Gasteiger partial charge < -0.3 is 15.0 Å². The van der Waals surface area contributed by atoms with E-state index < -0.39 is 5.54 Å². The Morgan fingerprint density at radius 3 is 2.89 bits per heavy atom. The molecule has 1 amide bonds. The molecule has 2 rings (SSSR count). The summed E-state index contributed by atoms with van der Waals surface area (Å²) in [5.74, 6) is -0.207. The number of nitrogens with one attached hydrogen (secondary N) is 1. The highest BCUT2D eigenvalue weighted by molar-refractivity contribution is 5.95. The van der Waals surface area contributed by atoms with Crippen LogP contribution >= 0.6 is 0 Å². The number of hydrogen-bond acceptors (Lipinski definition) is 3. The molecule has 0 aliphatic rings. The zero-order chi connectivity index (χ0) is 13.9. The van der Waals surface area contributed by atoms with Gasteiger partial charge in [0.2, 0.25) is 0 Å². The van der Waals surface area contributed by atoms with Crippen LogP contribution in [0, 0.1) is 0 Å². The fourth-order valence-electron chi connectivity index (χ4n) is 1.64. The Hall–Kier alpha value is -2.14. The van der Waals surface area contributed by atoms with E-state index >= 15 is 0 Å². The van der Waals surface area contributed by atoms with Crippen molar-refractivity contribution in [3.8, 4) is 5.69 Å². The van der Waals surface area contributed by atoms with Gasteiger partial charge in [-0.25, -0.2) is 4.98 Å². The van der Waals surface area contributed by atoms with Gasteiger partial charge in [0.05, 0.1) is 18.5 Å². The van der Waals surface area contributed by atoms with Crippen LogP contribution in [0.15, 0.2) is 43.0 Å². The standard InChI is InChI=1S/C14H17N3O2/c1-14(2,9-18)16-13(19)11-4-3-5-12(8-11)17-7-6-15-10-17/h3-8,10,18H,9H2,1-2H3,(H,16,19). The predicted octanol–water partition coefficient (Wildman–Crippen LogP) is 1.37. The lowest BCUT2D eigenvalue weighted by atomic mass is 10.1. The SMILES string of the molecule is CC(C)(CO)NC(=O)c1cccc(-n2ccnc2)c1. The van der Waals surface area contributed by atoms with Gasteiger partial charge in [0, 0.05) is 23.6 Å². The number of imidazole rings is 1. The minimum atomic E-state index is -0.637. The summed E-state index contributed by atoms with van der Waals surface area (Å²) in [6, 6.07) is 7.24. The lowest BCUT2D eigenvalue weighted by Crippen LogP contribution is -2.46. The number of aliphatic hydroxyl groups is 1. The van der Waals surface area contributed by atoms with Crippen LogP contribution in [0.5, 0.6) is 0 Å². The highest BCUT2D eigenvalue weighted by atomic mass is 16.3. The van der Waals surface area contributed by atoms with E-state index in [1.165, 1.54) is 0 Å². The molecule has 0 aliphatic heterocycles. The van der Waals surface area contributed by atoms with Crippen LogP contribution in [0.4, 0.5) is 0 Å². The molecule has 0 radical (unpaired) electrons. The van der Waals surface area contributed by atoms with Gasteiger partial charge in [0.1, 0.15) is 0 Å². The van der Waals surface area contributed by atoms with Crippen molar-refractivity contribution in [2.24, 2.45) is 0 Å². The summed E-state index contributed by atoms with van der Waals surface area (Å²) in [6.45, 7) is 3.43. The summed E-state index contributed by atoms with van der Waals surface area (Å²) < 4.78 is 1.83. The normalized spacial score (nSPS) is 11.3. The van der Waals surface area contributed by atoms with E-state index in [9.17, 15) is 4.79 Å². The van der Waals surface area contributed by atoms with E-state index in [1.807, 2.05) is 22.9 Å². The minimum absolute atomic E-state index is 0.111. The molecule has 0 aliphatic carbocycles. The Kier molecular flexibility index (Phi) is 3.66. The van der Waals surface area contributed by atoms with E-state index in [-0.39, 0.29) is 12.5 Å². The largest absolute Gasteiger partial charge is 0.394 e. The average molecular weight is 259 g/mol. The van der Waals surface area contributed by atoms with Gasteiger partial charge in [0.25, 0.3) is 5.91 Å². The average Bonchev–Trinajstić information content (AvgIpc) is 2.92. The third-order valence-electron chi connectivity index (χ3n) is 2.76. The van der Waals surface area contributed by atoms with Crippen molar-refractivity contribution in [1.82, 2.24) is 14.9 Å². The number of aromatic nitrogens is 2. The fraction of sp³-hybridized carbons (Fsp3) is 0.286. The van der Waals surface area contributed by atoms with Crippen molar-refractivity contribution in [2.75, 3.05) is 6.61 Å². The van der Waals surface area contributed by atoms with Gasteiger partial charge in [-0.15, -0.1) is 0 Å². The van der Waals surface area contributed by atoms with Crippen LogP contribution in [-0.4, -0.2) is 32.7 Å². The molecule has 0 atom stereocenters. The van der Waals surface area contributed by atoms with E-state index in [1.54, 1.807) is 38.5 Å². The summed E-state index contributed by atoms with van der Waals surface area (Å²) in [5.41, 5.74) is 0.780. The third-order valence-corrected chi connectivity index (χ3v) is 2.76. The molecular formula is C14H17N3O2. The zero-order valence-electron chi connectivity index (χ0n) is 11.0. The van der Waals surface area contributed by atoms with Crippen molar-refractivity contribution >= 4 is 5.91 Å². The monoisotopic (exact) mass is 259 g/mol. The number of aliphatic hydroxyl groups excluding tert-OH is 1. The molecular weight excluding hydrogens is 242 g/mol. The van der Waals surface area contributed by atoms with Crippen molar-refractivity contribution in [1.29, 1.82) is 0 Å². The molecule has 0 unspecified atom stereocenters. The number of carbonyl (C=O) groups excluding carboxylic acids is 1. The molecule has 5 nitrogen and oxygen atoms in total. The first-order chi connectivity index (χ1) is 9.02. The van der Waals surface area contributed by atoms with Crippen molar-refractivity contribution in [3.05, 3.63) is 48.5 Å². The first-order valence-electron chi connectivity index (χ1n) is 6.04. The number of hydrogen-bond donors (Lipinski definition) is 2. The maximum Gasteiger partial charge on any atom is 0.251 e. The van der Waals surface area contributed by atoms with Crippen molar-refractivity contribution in [2.45, 2.75) is 19.4 Å². The molecule has 0 spiro atoms. The number of benzene rings is 1. The maximum atomic E-state index is 12.1. The van der Waals surface area contributed by atoms with Crippen LogP contribution < -0.4 is 5.32 Å². The van der Waals surface area contributed by atoms with Gasteiger partial charge in [-0.2, -0.15) is 0 Å². The van der Waals surface area contributed by atoms with Crippen molar-refractivity contribution < 1.29 is 9.90 Å². The lowest BCUT2D eigenvalue weighted by molar-refractivity contribution is 0.0869. The summed E-state index contributed by atoms with van der Waals surface area (Å²) in [7, 11) is 0. The minimum Gasteiger partial charge on any atom is -0.394 e. The first kappa shape index (κ1) is 13.3. The quantitative estimate of drug-likeness (QED) is 0.871. The fourth-order valence-corrected chi connectivity index (χ4v) is 1.64. The topological polar surface area (TPSA) is 67.2 Å². The molecule has 100 valence electrons. The van der Waals surface area contributed by atoms with Crippen molar-refractivity contribution in [3.63, 3.8) is 0 Å². The number of amides is 1. The molecule has 19 heavy (non-hydrogen) atoms. The second-order valence-electron chi connectivity index (χ2n) is 5.02. The third kappa shape index (κ3) is 3.20. The van der Waals surface area contributed by atoms with Crippen LogP contribution in [0.1, 0.15) is 24.2 Å². The van der Waals surface area contributed by atoms with E-state index in [4.69, 9.17) is 5.11 Å². The molecule has 2 aromatic rings. The Morgan fingerprint density at radius 1 is 1.47 bits per heavy atom.